The van der Waals surface area contributed by atoms with Crippen LogP contribution < -0.4 is 17.0 Å². The molecule has 0 unspecified atom stereocenters. The van der Waals surface area contributed by atoms with Gasteiger partial charge in [0.2, 0.25) is 5.88 Å². The Morgan fingerprint density at radius 2 is 1.49 bits per heavy atom. The van der Waals surface area contributed by atoms with Crippen LogP contribution in [-0.4, -0.2) is 66.9 Å². The SMILES string of the molecule is CC1=C(C(N)=O)C(=O)N(CC(=O)O)C(=O)/C1=C\C=Cc1c(C)c(C(N)=O)c(=O)n(CC(=O)O)c1O. The first-order chi connectivity index (χ1) is 16.2. The van der Waals surface area contributed by atoms with Crippen LogP contribution in [0.3, 0.4) is 0 Å². The van der Waals surface area contributed by atoms with Crippen molar-refractivity contribution in [3.8, 4) is 5.88 Å². The van der Waals surface area contributed by atoms with E-state index in [9.17, 15) is 38.7 Å². The molecule has 0 aromatic carbocycles. The standard InChI is InChI=1S/C21H20N4O10/c1-8-10(18(32)24(6-12(26)27)20(34)14(8)16(22)30)4-3-5-11-9(2)15(17(23)31)21(35)25(19(11)33)7-13(28)29/h3-5,32H,6-7H2,1-2H3,(H2,22,30)(H2,23,31)(H,26,27)(H,28,29)/b4-3?,11-5-. The quantitative estimate of drug-likeness (QED) is 0.157. The fourth-order valence-corrected chi connectivity index (χ4v) is 3.44. The molecule has 0 saturated carbocycles. The molecule has 1 aliphatic rings. The number of allylic oxidation sites excluding steroid dienone is 2. The molecule has 0 radical (unpaired) electrons. The summed E-state index contributed by atoms with van der Waals surface area (Å²) in [7, 11) is 0. The summed E-state index contributed by atoms with van der Waals surface area (Å²) in [6, 6.07) is 0. The third kappa shape index (κ3) is 5.00. The number of carboxylic acids is 2. The molecule has 0 aliphatic carbocycles. The Morgan fingerprint density at radius 3 is 1.97 bits per heavy atom. The minimum Gasteiger partial charge on any atom is -0.494 e. The van der Waals surface area contributed by atoms with Gasteiger partial charge in [-0.15, -0.1) is 0 Å². The molecule has 0 saturated heterocycles. The van der Waals surface area contributed by atoms with Crippen molar-refractivity contribution in [2.75, 3.05) is 6.54 Å². The number of hydrogen-bond acceptors (Lipinski definition) is 8. The van der Waals surface area contributed by atoms with Gasteiger partial charge in [0.25, 0.3) is 29.2 Å². The Morgan fingerprint density at radius 1 is 0.914 bits per heavy atom. The zero-order chi connectivity index (χ0) is 26.8. The van der Waals surface area contributed by atoms with Gasteiger partial charge in [0.15, 0.2) is 0 Å². The van der Waals surface area contributed by atoms with Crippen LogP contribution in [0.2, 0.25) is 0 Å². The van der Waals surface area contributed by atoms with Crippen LogP contribution in [0.4, 0.5) is 0 Å². The van der Waals surface area contributed by atoms with E-state index in [1.807, 2.05) is 0 Å². The second kappa shape index (κ2) is 9.86. The van der Waals surface area contributed by atoms with Crippen LogP contribution in [0.15, 0.2) is 33.7 Å². The first-order valence-electron chi connectivity index (χ1n) is 9.66. The number of imide groups is 1. The summed E-state index contributed by atoms with van der Waals surface area (Å²) in [6.45, 7) is 0.496. The molecule has 2 heterocycles. The average Bonchev–Trinajstić information content (AvgIpc) is 2.72. The molecule has 1 aromatic heterocycles. The Hall–Kier alpha value is -5.01. The number of rotatable bonds is 8. The molecule has 1 aliphatic heterocycles. The van der Waals surface area contributed by atoms with E-state index in [-0.39, 0.29) is 22.3 Å². The fourth-order valence-electron chi connectivity index (χ4n) is 3.44. The highest BCUT2D eigenvalue weighted by Gasteiger charge is 2.38. The normalized spacial score (nSPS) is 15.3. The second-order valence-electron chi connectivity index (χ2n) is 7.28. The highest BCUT2D eigenvalue weighted by molar-refractivity contribution is 6.28. The molecule has 184 valence electrons. The maximum Gasteiger partial charge on any atom is 0.323 e. The zero-order valence-electron chi connectivity index (χ0n) is 18.4. The van der Waals surface area contributed by atoms with Crippen molar-refractivity contribution in [2.24, 2.45) is 11.5 Å². The Kier molecular flexibility index (Phi) is 7.39. The zero-order valence-corrected chi connectivity index (χ0v) is 18.4. The number of carboxylic acid groups (broad SMARTS) is 2. The van der Waals surface area contributed by atoms with Crippen molar-refractivity contribution < 1.29 is 44.1 Å². The lowest BCUT2D eigenvalue weighted by molar-refractivity contribution is -0.150. The van der Waals surface area contributed by atoms with E-state index in [4.69, 9.17) is 21.7 Å². The van der Waals surface area contributed by atoms with Gasteiger partial charge in [0, 0.05) is 11.1 Å². The Balaban J connectivity index is 2.72. The summed E-state index contributed by atoms with van der Waals surface area (Å²) in [4.78, 5) is 83.5. The summed E-state index contributed by atoms with van der Waals surface area (Å²) in [5.41, 5.74) is 7.47. The van der Waals surface area contributed by atoms with E-state index in [2.05, 4.69) is 0 Å². The third-order valence-corrected chi connectivity index (χ3v) is 5.05. The van der Waals surface area contributed by atoms with Gasteiger partial charge in [-0.2, -0.15) is 0 Å². The minimum atomic E-state index is -1.52. The van der Waals surface area contributed by atoms with Gasteiger partial charge in [-0.3, -0.25) is 43.0 Å². The van der Waals surface area contributed by atoms with Crippen LogP contribution in [0.1, 0.15) is 28.4 Å². The number of amides is 4. The number of pyridine rings is 1. The number of primary amides is 2. The molecule has 0 fully saturated rings. The van der Waals surface area contributed by atoms with E-state index in [0.29, 0.717) is 9.47 Å². The predicted octanol–water partition coefficient (Wildman–Crippen LogP) is -1.76. The van der Waals surface area contributed by atoms with Crippen LogP contribution in [0, 0.1) is 6.92 Å². The van der Waals surface area contributed by atoms with E-state index in [1.165, 1.54) is 13.8 Å². The fraction of sp³-hybridized carbons (Fsp3) is 0.190. The maximum absolute atomic E-state index is 12.7. The summed E-state index contributed by atoms with van der Waals surface area (Å²) < 4.78 is 0.414. The van der Waals surface area contributed by atoms with Crippen molar-refractivity contribution in [3.05, 3.63) is 55.9 Å². The molecule has 35 heavy (non-hydrogen) atoms. The predicted molar refractivity (Wildman–Crippen MR) is 117 cm³/mol. The molecule has 0 bridgehead atoms. The number of nitrogens with two attached hydrogens (primary N) is 2. The average molecular weight is 488 g/mol. The summed E-state index contributed by atoms with van der Waals surface area (Å²) >= 11 is 0. The van der Waals surface area contributed by atoms with E-state index in [0.717, 1.165) is 18.2 Å². The van der Waals surface area contributed by atoms with Crippen LogP contribution in [-0.2, 0) is 30.5 Å². The van der Waals surface area contributed by atoms with Gasteiger partial charge in [-0.1, -0.05) is 6.08 Å². The van der Waals surface area contributed by atoms with Crippen molar-refractivity contribution in [1.29, 1.82) is 0 Å². The molecule has 14 nitrogen and oxygen atoms in total. The first-order valence-corrected chi connectivity index (χ1v) is 9.66. The number of aromatic nitrogens is 1. The smallest absolute Gasteiger partial charge is 0.323 e. The lowest BCUT2D eigenvalue weighted by Gasteiger charge is -2.27. The number of nitrogens with zero attached hydrogens (tertiary/aromatic N) is 2. The Bertz CT molecular complexity index is 1350. The Labute approximate surface area is 196 Å². The van der Waals surface area contributed by atoms with Gasteiger partial charge in [0.1, 0.15) is 24.2 Å². The van der Waals surface area contributed by atoms with Crippen molar-refractivity contribution >= 4 is 41.6 Å². The molecule has 4 amide bonds. The van der Waals surface area contributed by atoms with Gasteiger partial charge < -0.3 is 26.8 Å². The van der Waals surface area contributed by atoms with E-state index < -0.39 is 71.2 Å². The van der Waals surface area contributed by atoms with Gasteiger partial charge >= 0.3 is 11.9 Å². The van der Waals surface area contributed by atoms with Gasteiger partial charge in [-0.25, -0.2) is 0 Å². The first kappa shape index (κ1) is 26.2. The van der Waals surface area contributed by atoms with E-state index >= 15 is 0 Å². The second-order valence-corrected chi connectivity index (χ2v) is 7.28. The maximum atomic E-state index is 12.7. The molecular weight excluding hydrogens is 468 g/mol. The molecule has 0 atom stereocenters. The molecule has 14 heteroatoms. The summed E-state index contributed by atoms with van der Waals surface area (Å²) in [5, 5.41) is 28.5. The lowest BCUT2D eigenvalue weighted by Crippen LogP contribution is -2.47. The van der Waals surface area contributed by atoms with Crippen LogP contribution >= 0.6 is 0 Å². The summed E-state index contributed by atoms with van der Waals surface area (Å²) in [5.74, 6) is -8.40. The van der Waals surface area contributed by atoms with Crippen LogP contribution in [0.25, 0.3) is 6.08 Å². The highest BCUT2D eigenvalue weighted by atomic mass is 16.4. The van der Waals surface area contributed by atoms with Crippen molar-refractivity contribution in [1.82, 2.24) is 9.47 Å². The van der Waals surface area contributed by atoms with Gasteiger partial charge in [0.05, 0.1) is 0 Å². The molecule has 7 N–H and O–H groups in total. The highest BCUT2D eigenvalue weighted by Crippen LogP contribution is 2.27. The van der Waals surface area contributed by atoms with E-state index in [1.54, 1.807) is 0 Å². The number of carbonyl (C=O) groups is 6. The van der Waals surface area contributed by atoms with Crippen LogP contribution in [0.5, 0.6) is 5.88 Å². The molecule has 1 aromatic rings. The lowest BCUT2D eigenvalue weighted by atomic mass is 9.93. The molecule has 2 rings (SSSR count). The largest absolute Gasteiger partial charge is 0.494 e. The number of aromatic hydroxyl groups is 1. The van der Waals surface area contributed by atoms with Gasteiger partial charge in [-0.05, 0) is 37.1 Å². The summed E-state index contributed by atoms with van der Waals surface area (Å²) in [6.07, 6.45) is 3.33. The third-order valence-electron chi connectivity index (χ3n) is 5.05. The topological polar surface area (TPSA) is 240 Å². The van der Waals surface area contributed by atoms with Crippen molar-refractivity contribution in [3.63, 3.8) is 0 Å². The number of carbonyl (C=O) groups excluding carboxylic acids is 4. The number of aliphatic carboxylic acids is 2. The minimum absolute atomic E-state index is 0.0842. The number of hydrogen-bond donors (Lipinski definition) is 5. The molecule has 0 spiro atoms. The molecular formula is C21H20N4O10. The van der Waals surface area contributed by atoms with Crippen molar-refractivity contribution in [2.45, 2.75) is 20.4 Å². The monoisotopic (exact) mass is 488 g/mol.